The molecule has 0 spiro atoms. The molecule has 0 aliphatic carbocycles. The molecule has 3 N–H and O–H groups in total. The van der Waals surface area contributed by atoms with E-state index < -0.39 is 6.10 Å². The predicted molar refractivity (Wildman–Crippen MR) is 95.6 cm³/mol. The van der Waals surface area contributed by atoms with E-state index in [9.17, 15) is 9.90 Å². The molecular weight excluding hydrogens is 320 g/mol. The van der Waals surface area contributed by atoms with Crippen LogP contribution in [0.4, 0.5) is 4.79 Å². The highest BCUT2D eigenvalue weighted by Crippen LogP contribution is 2.24. The number of aliphatic hydroxyl groups excluding tert-OH is 1. The Kier molecular flexibility index (Phi) is 6.47. The van der Waals surface area contributed by atoms with Gasteiger partial charge >= 0.3 is 6.03 Å². The van der Waals surface area contributed by atoms with E-state index in [0.717, 1.165) is 0 Å². The molecule has 0 bridgehead atoms. The first-order valence-corrected chi connectivity index (χ1v) is 8.30. The quantitative estimate of drug-likeness (QED) is 0.720. The number of ether oxygens (including phenoxy) is 1. The largest absolute Gasteiger partial charge is 0.491 e. The first-order chi connectivity index (χ1) is 11.8. The number of aliphatic hydroxyl groups is 1. The van der Waals surface area contributed by atoms with Gasteiger partial charge in [0.2, 0.25) is 0 Å². The lowest BCUT2D eigenvalue weighted by molar-refractivity contribution is 0.108. The summed E-state index contributed by atoms with van der Waals surface area (Å²) in [5, 5.41) is 15.1. The molecule has 1 heterocycles. The van der Waals surface area contributed by atoms with Crippen LogP contribution in [0.1, 0.15) is 32.1 Å². The van der Waals surface area contributed by atoms with Gasteiger partial charge in [-0.3, -0.25) is 0 Å². The second kappa shape index (κ2) is 8.58. The van der Waals surface area contributed by atoms with Gasteiger partial charge in [-0.15, -0.1) is 0 Å². The monoisotopic (exact) mass is 346 g/mol. The van der Waals surface area contributed by atoms with E-state index in [0.29, 0.717) is 18.1 Å². The minimum absolute atomic E-state index is 0.0883. The summed E-state index contributed by atoms with van der Waals surface area (Å²) in [7, 11) is 0. The molecule has 6 nitrogen and oxygen atoms in total. The smallest absolute Gasteiger partial charge is 0.315 e. The summed E-state index contributed by atoms with van der Waals surface area (Å²) in [6.45, 7) is 6.95. The molecule has 2 aromatic rings. The summed E-state index contributed by atoms with van der Waals surface area (Å²) in [6.07, 6.45) is 0.751. The van der Waals surface area contributed by atoms with Crippen molar-refractivity contribution in [3.8, 4) is 5.75 Å². The Morgan fingerprint density at radius 2 is 1.92 bits per heavy atom. The zero-order valence-electron chi connectivity index (χ0n) is 14.9. The van der Waals surface area contributed by atoms with Crippen LogP contribution in [0.15, 0.2) is 47.1 Å². The van der Waals surface area contributed by atoms with Gasteiger partial charge in [0, 0.05) is 6.54 Å². The zero-order valence-corrected chi connectivity index (χ0v) is 14.9. The van der Waals surface area contributed by atoms with Crippen LogP contribution < -0.4 is 15.4 Å². The third kappa shape index (κ3) is 6.51. The molecule has 6 heteroatoms. The number of hydrogen-bond donors (Lipinski definition) is 3. The van der Waals surface area contributed by atoms with Crippen molar-refractivity contribution in [2.45, 2.75) is 38.8 Å². The van der Waals surface area contributed by atoms with Crippen LogP contribution in [-0.2, 0) is 12.0 Å². The minimum Gasteiger partial charge on any atom is -0.491 e. The molecule has 25 heavy (non-hydrogen) atoms. The number of hydrogen-bond acceptors (Lipinski definition) is 4. The van der Waals surface area contributed by atoms with Crippen LogP contribution in [0.3, 0.4) is 0 Å². The van der Waals surface area contributed by atoms with Crippen LogP contribution in [0, 0.1) is 0 Å². The van der Waals surface area contributed by atoms with E-state index in [1.807, 2.05) is 24.3 Å². The number of carbonyl (C=O) groups excluding carboxylic acids is 1. The lowest BCUT2D eigenvalue weighted by atomic mass is 9.87. The Labute approximate surface area is 148 Å². The molecule has 0 fully saturated rings. The fourth-order valence-corrected chi connectivity index (χ4v) is 2.16. The fourth-order valence-electron chi connectivity index (χ4n) is 2.16. The van der Waals surface area contributed by atoms with Gasteiger partial charge in [0.25, 0.3) is 0 Å². The Morgan fingerprint density at radius 1 is 1.20 bits per heavy atom. The standard InChI is InChI=1S/C19H26N2O4/c1-19(2,3)14-6-8-16(9-7-14)25-13-15(22)11-20-18(23)21-12-17-5-4-10-24-17/h4-10,15,22H,11-13H2,1-3H3,(H2,20,21,23)/t15-/m1/s1. The maximum atomic E-state index is 11.6. The zero-order chi connectivity index (χ0) is 18.3. The maximum Gasteiger partial charge on any atom is 0.315 e. The molecule has 0 aliphatic rings. The van der Waals surface area contributed by atoms with Crippen molar-refractivity contribution in [3.63, 3.8) is 0 Å². The highest BCUT2D eigenvalue weighted by atomic mass is 16.5. The maximum absolute atomic E-state index is 11.6. The van der Waals surface area contributed by atoms with Gasteiger partial charge in [0.05, 0.1) is 12.8 Å². The van der Waals surface area contributed by atoms with Crippen LogP contribution >= 0.6 is 0 Å². The molecule has 1 aromatic carbocycles. The topological polar surface area (TPSA) is 83.7 Å². The molecule has 0 radical (unpaired) electrons. The normalized spacial score (nSPS) is 12.5. The SMILES string of the molecule is CC(C)(C)c1ccc(OC[C@H](O)CNC(=O)NCc2ccco2)cc1. The summed E-state index contributed by atoms with van der Waals surface area (Å²) < 4.78 is 10.7. The van der Waals surface area contributed by atoms with Crippen molar-refractivity contribution in [1.82, 2.24) is 10.6 Å². The summed E-state index contributed by atoms with van der Waals surface area (Å²) in [5.74, 6) is 1.35. The van der Waals surface area contributed by atoms with E-state index in [1.165, 1.54) is 5.56 Å². The van der Waals surface area contributed by atoms with Crippen molar-refractivity contribution >= 4 is 6.03 Å². The first kappa shape index (κ1) is 18.9. The van der Waals surface area contributed by atoms with Gasteiger partial charge in [-0.2, -0.15) is 0 Å². The van der Waals surface area contributed by atoms with E-state index in [2.05, 4.69) is 31.4 Å². The molecule has 0 saturated heterocycles. The van der Waals surface area contributed by atoms with Crippen LogP contribution in [0.5, 0.6) is 5.75 Å². The van der Waals surface area contributed by atoms with Crippen LogP contribution in [-0.4, -0.2) is 30.4 Å². The second-order valence-electron chi connectivity index (χ2n) is 6.88. The van der Waals surface area contributed by atoms with E-state index in [1.54, 1.807) is 18.4 Å². The van der Waals surface area contributed by atoms with Gasteiger partial charge in [-0.25, -0.2) is 4.79 Å². The molecule has 0 unspecified atom stereocenters. The van der Waals surface area contributed by atoms with Gasteiger partial charge in [0.15, 0.2) is 0 Å². The number of nitrogens with one attached hydrogen (secondary N) is 2. The van der Waals surface area contributed by atoms with Crippen molar-refractivity contribution in [2.75, 3.05) is 13.2 Å². The Balaban J connectivity index is 1.66. The van der Waals surface area contributed by atoms with Gasteiger partial charge < -0.3 is 24.9 Å². The molecule has 1 aromatic heterocycles. The fraction of sp³-hybridized carbons (Fsp3) is 0.421. The van der Waals surface area contributed by atoms with Gasteiger partial charge in [-0.05, 0) is 35.2 Å². The lowest BCUT2D eigenvalue weighted by Crippen LogP contribution is -2.41. The summed E-state index contributed by atoms with van der Waals surface area (Å²) in [6, 6.07) is 11.0. The number of carbonyl (C=O) groups is 1. The number of furan rings is 1. The Bertz CT molecular complexity index is 645. The summed E-state index contributed by atoms with van der Waals surface area (Å²) in [5.41, 5.74) is 1.31. The molecule has 0 saturated carbocycles. The molecule has 0 aliphatic heterocycles. The Morgan fingerprint density at radius 3 is 2.52 bits per heavy atom. The summed E-state index contributed by atoms with van der Waals surface area (Å²) in [4.78, 5) is 11.6. The van der Waals surface area contributed by atoms with E-state index >= 15 is 0 Å². The van der Waals surface area contributed by atoms with Gasteiger partial charge in [-0.1, -0.05) is 32.9 Å². The number of amides is 2. The lowest BCUT2D eigenvalue weighted by Gasteiger charge is -2.19. The van der Waals surface area contributed by atoms with E-state index in [-0.39, 0.29) is 24.6 Å². The highest BCUT2D eigenvalue weighted by Gasteiger charge is 2.13. The Hall–Kier alpha value is -2.47. The molecule has 2 amide bonds. The predicted octanol–water partition coefficient (Wildman–Crippen LogP) is 2.82. The molecule has 2 rings (SSSR count). The minimum atomic E-state index is -0.795. The van der Waals surface area contributed by atoms with Crippen LogP contribution in [0.25, 0.3) is 0 Å². The first-order valence-electron chi connectivity index (χ1n) is 8.30. The van der Waals surface area contributed by atoms with Crippen molar-refractivity contribution in [3.05, 3.63) is 54.0 Å². The highest BCUT2D eigenvalue weighted by molar-refractivity contribution is 5.73. The number of urea groups is 1. The van der Waals surface area contributed by atoms with Crippen molar-refractivity contribution in [1.29, 1.82) is 0 Å². The van der Waals surface area contributed by atoms with E-state index in [4.69, 9.17) is 9.15 Å². The molecule has 1 atom stereocenters. The average Bonchev–Trinajstić information content (AvgIpc) is 3.09. The third-order valence-corrected chi connectivity index (χ3v) is 3.66. The number of rotatable bonds is 7. The molecular formula is C19H26N2O4. The van der Waals surface area contributed by atoms with Gasteiger partial charge in [0.1, 0.15) is 24.2 Å². The number of benzene rings is 1. The summed E-state index contributed by atoms with van der Waals surface area (Å²) >= 11 is 0. The van der Waals surface area contributed by atoms with Crippen molar-refractivity contribution < 1.29 is 19.1 Å². The second-order valence-corrected chi connectivity index (χ2v) is 6.88. The third-order valence-electron chi connectivity index (χ3n) is 3.66. The van der Waals surface area contributed by atoms with Crippen LogP contribution in [0.2, 0.25) is 0 Å². The average molecular weight is 346 g/mol. The van der Waals surface area contributed by atoms with Crippen molar-refractivity contribution in [2.24, 2.45) is 0 Å². The molecule has 136 valence electrons.